The van der Waals surface area contributed by atoms with Crippen molar-refractivity contribution in [3.63, 3.8) is 0 Å². The van der Waals surface area contributed by atoms with Crippen molar-refractivity contribution >= 4 is 46.6 Å². The number of carbonyl (C=O) groups excluding carboxylic acids is 2. The number of para-hydroxylation sites is 1. The van der Waals surface area contributed by atoms with Gasteiger partial charge in [-0.15, -0.1) is 11.8 Å². The number of nitrogens with one attached hydrogen (secondary N) is 1. The molecule has 2 amide bonds. The van der Waals surface area contributed by atoms with Gasteiger partial charge in [0.2, 0.25) is 5.91 Å². The van der Waals surface area contributed by atoms with Crippen molar-refractivity contribution < 1.29 is 9.59 Å². The number of fused-ring (bicyclic) bond motifs is 1. The summed E-state index contributed by atoms with van der Waals surface area (Å²) in [5.74, 6) is -0.153. The van der Waals surface area contributed by atoms with Gasteiger partial charge in [0.15, 0.2) is 0 Å². The van der Waals surface area contributed by atoms with Crippen LogP contribution in [0, 0.1) is 0 Å². The molecule has 2 aliphatic rings. The predicted octanol–water partition coefficient (Wildman–Crippen LogP) is 3.28. The van der Waals surface area contributed by atoms with Gasteiger partial charge in [0.25, 0.3) is 11.5 Å². The normalized spacial score (nSPS) is 17.8. The van der Waals surface area contributed by atoms with Crippen molar-refractivity contribution in [2.75, 3.05) is 36.4 Å². The predicted molar refractivity (Wildman–Crippen MR) is 133 cm³/mol. The molecule has 0 bridgehead atoms. The summed E-state index contributed by atoms with van der Waals surface area (Å²) in [6.45, 7) is 3.86. The van der Waals surface area contributed by atoms with Crippen molar-refractivity contribution in [3.05, 3.63) is 75.7 Å². The highest BCUT2D eigenvalue weighted by Gasteiger charge is 2.27. The van der Waals surface area contributed by atoms with Crippen molar-refractivity contribution in [1.82, 2.24) is 14.7 Å². The van der Waals surface area contributed by atoms with Crippen molar-refractivity contribution in [2.45, 2.75) is 17.1 Å². The maximum absolute atomic E-state index is 13.1. The number of rotatable bonds is 3. The van der Waals surface area contributed by atoms with E-state index in [2.05, 4.69) is 10.4 Å². The van der Waals surface area contributed by atoms with Gasteiger partial charge < -0.3 is 15.1 Å². The smallest absolute Gasteiger partial charge is 0.292 e. The van der Waals surface area contributed by atoms with Crippen molar-refractivity contribution in [3.8, 4) is 5.69 Å². The highest BCUT2D eigenvalue weighted by molar-refractivity contribution is 8.00. The van der Waals surface area contributed by atoms with Gasteiger partial charge in [-0.1, -0.05) is 29.8 Å². The average Bonchev–Trinajstić information content (AvgIpc) is 2.86. The Bertz CT molecular complexity index is 1320. The summed E-state index contributed by atoms with van der Waals surface area (Å²) in [5.41, 5.74) is 2.04. The molecule has 1 aromatic heterocycles. The third-order valence-electron chi connectivity index (χ3n) is 5.97. The minimum absolute atomic E-state index is 0.0598. The van der Waals surface area contributed by atoms with E-state index in [9.17, 15) is 14.4 Å². The molecule has 174 valence electrons. The highest BCUT2D eigenvalue weighted by Crippen LogP contribution is 2.36. The number of carbonyl (C=O) groups is 2. The van der Waals surface area contributed by atoms with E-state index in [1.165, 1.54) is 16.4 Å². The lowest BCUT2D eigenvalue weighted by molar-refractivity contribution is -0.115. The van der Waals surface area contributed by atoms with Crippen LogP contribution in [-0.2, 0) is 4.79 Å². The van der Waals surface area contributed by atoms with Gasteiger partial charge in [-0.25, -0.2) is 0 Å². The standard InChI is InChI=1S/C24H22ClN5O3S/c1-15-22(31)27-18-13-16(7-8-20(18)34-15)23(32)29-11-9-28(10-12-29)19-14-26-30(24(33)21(19)25)17-5-3-2-4-6-17/h2-8,13-15H,9-12H2,1H3,(H,27,31). The summed E-state index contributed by atoms with van der Waals surface area (Å²) in [7, 11) is 0. The molecule has 10 heteroatoms. The Hall–Kier alpha value is -3.30. The zero-order valence-electron chi connectivity index (χ0n) is 18.4. The Kier molecular flexibility index (Phi) is 6.05. The maximum atomic E-state index is 13.1. The molecular weight excluding hydrogens is 474 g/mol. The Morgan fingerprint density at radius 3 is 2.56 bits per heavy atom. The number of halogens is 1. The maximum Gasteiger partial charge on any atom is 0.292 e. The van der Waals surface area contributed by atoms with Crippen molar-refractivity contribution in [2.24, 2.45) is 0 Å². The molecule has 5 rings (SSSR count). The molecule has 1 atom stereocenters. The molecular formula is C24H22ClN5O3S. The second-order valence-electron chi connectivity index (χ2n) is 8.14. The first-order valence-electron chi connectivity index (χ1n) is 10.9. The monoisotopic (exact) mass is 495 g/mol. The molecule has 1 fully saturated rings. The molecule has 0 saturated carbocycles. The molecule has 1 saturated heterocycles. The second kappa shape index (κ2) is 9.15. The summed E-state index contributed by atoms with van der Waals surface area (Å²) in [6, 6.07) is 14.5. The van der Waals surface area contributed by atoms with Crippen LogP contribution in [0.1, 0.15) is 17.3 Å². The number of nitrogens with zero attached hydrogens (tertiary/aromatic N) is 4. The number of amides is 2. The van der Waals surface area contributed by atoms with E-state index in [4.69, 9.17) is 11.6 Å². The molecule has 0 spiro atoms. The zero-order chi connectivity index (χ0) is 23.8. The number of hydrogen-bond donors (Lipinski definition) is 1. The van der Waals surface area contributed by atoms with E-state index >= 15 is 0 Å². The van der Waals surface area contributed by atoms with E-state index in [-0.39, 0.29) is 27.6 Å². The molecule has 34 heavy (non-hydrogen) atoms. The molecule has 3 aromatic rings. The van der Waals surface area contributed by atoms with Crippen LogP contribution in [0.25, 0.3) is 5.69 Å². The Balaban J connectivity index is 1.29. The molecule has 1 unspecified atom stereocenters. The van der Waals surface area contributed by atoms with Crippen LogP contribution < -0.4 is 15.8 Å². The topological polar surface area (TPSA) is 87.5 Å². The molecule has 2 aromatic carbocycles. The largest absolute Gasteiger partial charge is 0.365 e. The van der Waals surface area contributed by atoms with Gasteiger partial charge in [-0.2, -0.15) is 9.78 Å². The quantitative estimate of drug-likeness (QED) is 0.600. The van der Waals surface area contributed by atoms with Crippen LogP contribution >= 0.6 is 23.4 Å². The SMILES string of the molecule is CC1Sc2ccc(C(=O)N3CCN(c4cnn(-c5ccccc5)c(=O)c4Cl)CC3)cc2NC1=O. The molecule has 8 nitrogen and oxygen atoms in total. The molecule has 3 heterocycles. The highest BCUT2D eigenvalue weighted by atomic mass is 35.5. The summed E-state index contributed by atoms with van der Waals surface area (Å²) in [5, 5.41) is 7.12. The molecule has 0 aliphatic carbocycles. The number of piperazine rings is 1. The first-order valence-corrected chi connectivity index (χ1v) is 12.2. The Morgan fingerprint density at radius 1 is 1.09 bits per heavy atom. The van der Waals surface area contributed by atoms with Crippen molar-refractivity contribution in [1.29, 1.82) is 0 Å². The van der Waals surface area contributed by atoms with Crippen LogP contribution in [0.2, 0.25) is 5.02 Å². The molecule has 0 radical (unpaired) electrons. The van der Waals surface area contributed by atoms with Gasteiger partial charge in [0.1, 0.15) is 5.02 Å². The number of aromatic nitrogens is 2. The molecule has 2 aliphatic heterocycles. The van der Waals surface area contributed by atoms with Crippen LogP contribution in [0.3, 0.4) is 0 Å². The lowest BCUT2D eigenvalue weighted by Gasteiger charge is -2.36. The van der Waals surface area contributed by atoms with Crippen LogP contribution in [0.4, 0.5) is 11.4 Å². The van der Waals surface area contributed by atoms with Gasteiger partial charge in [0.05, 0.1) is 28.5 Å². The summed E-state index contributed by atoms with van der Waals surface area (Å²) in [4.78, 5) is 42.6. The number of anilines is 2. The fourth-order valence-electron chi connectivity index (χ4n) is 4.07. The third kappa shape index (κ3) is 4.17. The van der Waals surface area contributed by atoms with Gasteiger partial charge in [-0.05, 0) is 37.3 Å². The Labute approximate surface area is 205 Å². The average molecular weight is 496 g/mol. The fourth-order valence-corrected chi connectivity index (χ4v) is 5.25. The zero-order valence-corrected chi connectivity index (χ0v) is 20.0. The number of benzene rings is 2. The molecule has 1 N–H and O–H groups in total. The van der Waals surface area contributed by atoms with Gasteiger partial charge >= 0.3 is 0 Å². The van der Waals surface area contributed by atoms with E-state index in [0.29, 0.717) is 48.8 Å². The lowest BCUT2D eigenvalue weighted by atomic mass is 10.1. The van der Waals surface area contributed by atoms with E-state index in [1.54, 1.807) is 35.4 Å². The number of hydrogen-bond acceptors (Lipinski definition) is 6. The first-order chi connectivity index (χ1) is 16.4. The minimum atomic E-state index is -0.382. The lowest BCUT2D eigenvalue weighted by Crippen LogP contribution is -2.49. The Morgan fingerprint density at radius 2 is 1.82 bits per heavy atom. The van der Waals surface area contributed by atoms with Gasteiger partial charge in [-0.3, -0.25) is 14.4 Å². The summed E-state index contributed by atoms with van der Waals surface area (Å²) >= 11 is 7.92. The second-order valence-corrected chi connectivity index (χ2v) is 9.90. The van der Waals surface area contributed by atoms with E-state index < -0.39 is 0 Å². The van der Waals surface area contributed by atoms with Crippen LogP contribution in [-0.4, -0.2) is 57.9 Å². The van der Waals surface area contributed by atoms with Gasteiger partial charge in [0, 0.05) is 36.6 Å². The third-order valence-corrected chi connectivity index (χ3v) is 7.50. The van der Waals surface area contributed by atoms with Crippen LogP contribution in [0.5, 0.6) is 0 Å². The fraction of sp³-hybridized carbons (Fsp3) is 0.250. The minimum Gasteiger partial charge on any atom is -0.365 e. The van der Waals surface area contributed by atoms with E-state index in [0.717, 1.165) is 4.90 Å². The number of thioether (sulfide) groups is 1. The van der Waals surface area contributed by atoms with Crippen LogP contribution in [0.15, 0.2) is 64.4 Å². The van der Waals surface area contributed by atoms with E-state index in [1.807, 2.05) is 36.1 Å². The summed E-state index contributed by atoms with van der Waals surface area (Å²) in [6.07, 6.45) is 1.60. The summed E-state index contributed by atoms with van der Waals surface area (Å²) < 4.78 is 1.28. The first kappa shape index (κ1) is 22.5.